The van der Waals surface area contributed by atoms with Gasteiger partial charge in [0.2, 0.25) is 5.69 Å². The highest BCUT2D eigenvalue weighted by Gasteiger charge is 2.29. The van der Waals surface area contributed by atoms with Gasteiger partial charge in [-0.05, 0) is 37.8 Å². The van der Waals surface area contributed by atoms with Gasteiger partial charge >= 0.3 is 5.97 Å². The van der Waals surface area contributed by atoms with Crippen molar-refractivity contribution in [3.05, 3.63) is 42.2 Å². The number of methoxy groups -OCH3 is 1. The summed E-state index contributed by atoms with van der Waals surface area (Å²) in [6, 6.07) is 9.38. The SMILES string of the molecule is COc1cn(-c2ccccc2)nc1C(=O)OC(C)C(=O)N1CCC(C)CC1. The van der Waals surface area contributed by atoms with Gasteiger partial charge in [-0.3, -0.25) is 4.79 Å². The molecule has 1 fully saturated rings. The van der Waals surface area contributed by atoms with Crippen molar-refractivity contribution in [3.63, 3.8) is 0 Å². The molecule has 2 aromatic rings. The monoisotopic (exact) mass is 371 g/mol. The highest BCUT2D eigenvalue weighted by atomic mass is 16.6. The van der Waals surface area contributed by atoms with Crippen molar-refractivity contribution < 1.29 is 19.1 Å². The van der Waals surface area contributed by atoms with E-state index in [1.165, 1.54) is 7.11 Å². The van der Waals surface area contributed by atoms with Gasteiger partial charge in [0.15, 0.2) is 11.9 Å². The summed E-state index contributed by atoms with van der Waals surface area (Å²) in [5.41, 5.74) is 0.842. The molecule has 1 aromatic heterocycles. The molecule has 1 aliphatic rings. The van der Waals surface area contributed by atoms with E-state index in [-0.39, 0.29) is 11.6 Å². The lowest BCUT2D eigenvalue weighted by Crippen LogP contribution is -2.44. The highest BCUT2D eigenvalue weighted by Crippen LogP contribution is 2.22. The van der Waals surface area contributed by atoms with Crippen molar-refractivity contribution in [2.75, 3.05) is 20.2 Å². The third-order valence-corrected chi connectivity index (χ3v) is 4.84. The number of ether oxygens (including phenoxy) is 2. The third kappa shape index (κ3) is 4.30. The van der Waals surface area contributed by atoms with E-state index in [1.54, 1.807) is 22.7 Å². The number of aromatic nitrogens is 2. The summed E-state index contributed by atoms with van der Waals surface area (Å²) in [4.78, 5) is 26.9. The number of nitrogens with zero attached hydrogens (tertiary/aromatic N) is 3. The van der Waals surface area contributed by atoms with Gasteiger partial charge < -0.3 is 14.4 Å². The molecule has 0 aliphatic carbocycles. The van der Waals surface area contributed by atoms with Crippen molar-refractivity contribution in [2.24, 2.45) is 5.92 Å². The zero-order chi connectivity index (χ0) is 19.4. The number of carbonyl (C=O) groups is 2. The lowest BCUT2D eigenvalue weighted by Gasteiger charge is -2.31. The van der Waals surface area contributed by atoms with Crippen LogP contribution in [0.1, 0.15) is 37.2 Å². The number of rotatable bonds is 5. The standard InChI is InChI=1S/C20H25N3O4/c1-14-9-11-22(12-10-14)19(24)15(2)27-20(25)18-17(26-3)13-23(21-18)16-7-5-4-6-8-16/h4-8,13-15H,9-12H2,1-3H3. The van der Waals surface area contributed by atoms with Crippen molar-refractivity contribution in [3.8, 4) is 11.4 Å². The number of esters is 1. The molecule has 1 saturated heterocycles. The molecule has 1 atom stereocenters. The van der Waals surface area contributed by atoms with Crippen LogP contribution in [0.5, 0.6) is 5.75 Å². The first-order valence-electron chi connectivity index (χ1n) is 9.18. The maximum absolute atomic E-state index is 12.6. The Bertz CT molecular complexity index is 795. The molecule has 0 N–H and O–H groups in total. The minimum absolute atomic E-state index is 0.0493. The molecule has 0 saturated carbocycles. The Labute approximate surface area is 158 Å². The van der Waals surface area contributed by atoms with Crippen LogP contribution >= 0.6 is 0 Å². The minimum atomic E-state index is -0.863. The Morgan fingerprint density at radius 2 is 1.85 bits per heavy atom. The smallest absolute Gasteiger partial charge is 0.363 e. The predicted octanol–water partition coefficient (Wildman–Crippen LogP) is 2.68. The number of hydrogen-bond acceptors (Lipinski definition) is 5. The molecule has 1 aromatic carbocycles. The molecule has 2 heterocycles. The fraction of sp³-hybridized carbons (Fsp3) is 0.450. The molecule has 1 amide bonds. The minimum Gasteiger partial charge on any atom is -0.493 e. The summed E-state index contributed by atoms with van der Waals surface area (Å²) in [5.74, 6) is 0.0814. The molecule has 7 heteroatoms. The van der Waals surface area contributed by atoms with Crippen molar-refractivity contribution in [2.45, 2.75) is 32.8 Å². The zero-order valence-corrected chi connectivity index (χ0v) is 15.9. The van der Waals surface area contributed by atoms with Crippen LogP contribution in [0.25, 0.3) is 5.69 Å². The lowest BCUT2D eigenvalue weighted by atomic mass is 9.99. The Morgan fingerprint density at radius 1 is 1.19 bits per heavy atom. The van der Waals surface area contributed by atoms with Crippen LogP contribution < -0.4 is 4.74 Å². The first-order chi connectivity index (χ1) is 13.0. The average molecular weight is 371 g/mol. The van der Waals surface area contributed by atoms with E-state index < -0.39 is 12.1 Å². The van der Waals surface area contributed by atoms with E-state index in [2.05, 4.69) is 12.0 Å². The summed E-state index contributed by atoms with van der Waals surface area (Å²) >= 11 is 0. The summed E-state index contributed by atoms with van der Waals surface area (Å²) in [6.45, 7) is 5.18. The van der Waals surface area contributed by atoms with Gasteiger partial charge in [0.05, 0.1) is 19.0 Å². The van der Waals surface area contributed by atoms with Gasteiger partial charge in [-0.15, -0.1) is 0 Å². The van der Waals surface area contributed by atoms with Crippen LogP contribution in [0.3, 0.4) is 0 Å². The summed E-state index contributed by atoms with van der Waals surface area (Å²) in [6.07, 6.45) is 2.70. The fourth-order valence-corrected chi connectivity index (χ4v) is 3.11. The molecule has 3 rings (SSSR count). The fourth-order valence-electron chi connectivity index (χ4n) is 3.11. The molecule has 7 nitrogen and oxygen atoms in total. The number of piperidine rings is 1. The van der Waals surface area contributed by atoms with E-state index in [0.29, 0.717) is 24.8 Å². The quantitative estimate of drug-likeness (QED) is 0.756. The zero-order valence-electron chi connectivity index (χ0n) is 15.9. The summed E-state index contributed by atoms with van der Waals surface area (Å²) in [5, 5.41) is 4.28. The summed E-state index contributed by atoms with van der Waals surface area (Å²) < 4.78 is 12.2. The Balaban J connectivity index is 1.70. The van der Waals surface area contributed by atoms with Gasteiger partial charge in [0.1, 0.15) is 0 Å². The van der Waals surface area contributed by atoms with Crippen LogP contribution in [-0.2, 0) is 9.53 Å². The Kier molecular flexibility index (Phi) is 5.78. The van der Waals surface area contributed by atoms with Crippen molar-refractivity contribution in [1.29, 1.82) is 0 Å². The Hall–Kier alpha value is -2.83. The third-order valence-electron chi connectivity index (χ3n) is 4.84. The second kappa shape index (κ2) is 8.24. The second-order valence-electron chi connectivity index (χ2n) is 6.88. The summed E-state index contributed by atoms with van der Waals surface area (Å²) in [7, 11) is 1.46. The molecule has 0 bridgehead atoms. The van der Waals surface area contributed by atoms with E-state index in [1.807, 2.05) is 30.3 Å². The molecule has 27 heavy (non-hydrogen) atoms. The molecule has 144 valence electrons. The number of likely N-dealkylation sites (tertiary alicyclic amines) is 1. The number of carbonyl (C=O) groups excluding carboxylic acids is 2. The lowest BCUT2D eigenvalue weighted by molar-refractivity contribution is -0.141. The number of para-hydroxylation sites is 1. The Morgan fingerprint density at radius 3 is 2.48 bits per heavy atom. The highest BCUT2D eigenvalue weighted by molar-refractivity contribution is 5.93. The van der Waals surface area contributed by atoms with Crippen molar-refractivity contribution in [1.82, 2.24) is 14.7 Å². The first kappa shape index (κ1) is 18.9. The number of hydrogen-bond donors (Lipinski definition) is 0. The first-order valence-corrected chi connectivity index (χ1v) is 9.18. The van der Waals surface area contributed by atoms with Gasteiger partial charge in [-0.1, -0.05) is 25.1 Å². The van der Waals surface area contributed by atoms with Crippen molar-refractivity contribution >= 4 is 11.9 Å². The molecule has 1 aliphatic heterocycles. The number of benzene rings is 1. The van der Waals surface area contributed by atoms with Gasteiger partial charge in [-0.2, -0.15) is 5.10 Å². The van der Waals surface area contributed by atoms with Gasteiger partial charge in [-0.25, -0.2) is 9.48 Å². The molecular weight excluding hydrogens is 346 g/mol. The van der Waals surface area contributed by atoms with E-state index in [0.717, 1.165) is 18.5 Å². The average Bonchev–Trinajstić information content (AvgIpc) is 3.13. The maximum Gasteiger partial charge on any atom is 0.363 e. The van der Waals surface area contributed by atoms with E-state index in [9.17, 15) is 9.59 Å². The second-order valence-corrected chi connectivity index (χ2v) is 6.88. The van der Waals surface area contributed by atoms with Crippen LogP contribution in [-0.4, -0.2) is 52.9 Å². The molecule has 0 radical (unpaired) electrons. The predicted molar refractivity (Wildman–Crippen MR) is 100.0 cm³/mol. The molecule has 1 unspecified atom stereocenters. The van der Waals surface area contributed by atoms with Gasteiger partial charge in [0.25, 0.3) is 5.91 Å². The van der Waals surface area contributed by atoms with E-state index in [4.69, 9.17) is 9.47 Å². The van der Waals surface area contributed by atoms with E-state index >= 15 is 0 Å². The molecule has 0 spiro atoms. The number of amides is 1. The molecular formula is C20H25N3O4. The van der Waals surface area contributed by atoms with Crippen LogP contribution in [0.4, 0.5) is 0 Å². The van der Waals surface area contributed by atoms with Gasteiger partial charge in [0, 0.05) is 13.1 Å². The van der Waals surface area contributed by atoms with Crippen LogP contribution in [0, 0.1) is 5.92 Å². The topological polar surface area (TPSA) is 73.7 Å². The largest absolute Gasteiger partial charge is 0.493 e. The van der Waals surface area contributed by atoms with Crippen LogP contribution in [0.2, 0.25) is 0 Å². The van der Waals surface area contributed by atoms with Crippen LogP contribution in [0.15, 0.2) is 36.5 Å². The normalized spacial score (nSPS) is 16.0. The maximum atomic E-state index is 12.6.